The highest BCUT2D eigenvalue weighted by atomic mass is 16.6. The highest BCUT2D eigenvalue weighted by Gasteiger charge is 2.75. The van der Waals surface area contributed by atoms with Gasteiger partial charge in [-0.15, -0.1) is 0 Å². The highest BCUT2D eigenvalue weighted by Crippen LogP contribution is 2.69. The molecule has 2 heterocycles. The van der Waals surface area contributed by atoms with E-state index >= 15 is 0 Å². The standard InChI is InChI=1S/C20H31NO5/c1-17-5-7-19(25-2)9-11-15(23)16(24)12(21)10-18(11)6-8-20(19,26-18)13(17)3-4-14(17)22/h9,12-16,22-24H,3-8,10,21H2,1-2H3/t12-,13+,14-,15+,16+,17-,18+,19-,20-/m0/s1. The van der Waals surface area contributed by atoms with Gasteiger partial charge in [-0.3, -0.25) is 0 Å². The van der Waals surface area contributed by atoms with Crippen molar-refractivity contribution in [3.05, 3.63) is 11.6 Å². The molecule has 0 unspecified atom stereocenters. The van der Waals surface area contributed by atoms with Crippen LogP contribution in [0.15, 0.2) is 11.6 Å². The monoisotopic (exact) mass is 365 g/mol. The van der Waals surface area contributed by atoms with Crippen molar-refractivity contribution < 1.29 is 24.8 Å². The molecular weight excluding hydrogens is 334 g/mol. The molecule has 26 heavy (non-hydrogen) atoms. The maximum absolute atomic E-state index is 10.8. The van der Waals surface area contributed by atoms with E-state index < -0.39 is 35.1 Å². The van der Waals surface area contributed by atoms with Gasteiger partial charge in [0.2, 0.25) is 0 Å². The van der Waals surface area contributed by atoms with E-state index in [9.17, 15) is 15.3 Å². The van der Waals surface area contributed by atoms with Crippen LogP contribution in [-0.4, -0.2) is 63.6 Å². The summed E-state index contributed by atoms with van der Waals surface area (Å²) in [5, 5.41) is 31.8. The fourth-order valence-corrected chi connectivity index (χ4v) is 7.32. The maximum atomic E-state index is 10.8. The molecule has 146 valence electrons. The van der Waals surface area contributed by atoms with E-state index in [0.29, 0.717) is 6.42 Å². The van der Waals surface area contributed by atoms with Gasteiger partial charge in [-0.05, 0) is 67.9 Å². The smallest absolute Gasteiger partial charge is 0.115 e. The van der Waals surface area contributed by atoms with Gasteiger partial charge in [0.05, 0.1) is 17.8 Å². The molecule has 1 saturated heterocycles. The third-order valence-corrected chi connectivity index (χ3v) is 8.80. The van der Waals surface area contributed by atoms with Crippen LogP contribution in [0.1, 0.15) is 51.9 Å². The lowest BCUT2D eigenvalue weighted by Crippen LogP contribution is -2.70. The van der Waals surface area contributed by atoms with Crippen molar-refractivity contribution in [2.75, 3.05) is 7.11 Å². The van der Waals surface area contributed by atoms with Crippen LogP contribution in [0.2, 0.25) is 0 Å². The first-order valence-electron chi connectivity index (χ1n) is 10.0. The minimum atomic E-state index is -1.01. The molecule has 2 aliphatic heterocycles. The van der Waals surface area contributed by atoms with Crippen LogP contribution in [0.5, 0.6) is 0 Å². The van der Waals surface area contributed by atoms with Crippen molar-refractivity contribution in [3.63, 3.8) is 0 Å². The lowest BCUT2D eigenvalue weighted by atomic mass is 9.54. The van der Waals surface area contributed by atoms with Crippen LogP contribution in [0.25, 0.3) is 0 Å². The lowest BCUT2D eigenvalue weighted by molar-refractivity contribution is -0.272. The molecule has 5 rings (SSSR count). The number of aliphatic hydroxyl groups is 3. The second kappa shape index (κ2) is 5.10. The summed E-state index contributed by atoms with van der Waals surface area (Å²) in [4.78, 5) is 0. The molecule has 2 bridgehead atoms. The Balaban J connectivity index is 1.68. The first-order valence-corrected chi connectivity index (χ1v) is 10.0. The van der Waals surface area contributed by atoms with Crippen LogP contribution in [0, 0.1) is 11.3 Å². The summed E-state index contributed by atoms with van der Waals surface area (Å²) >= 11 is 0. The van der Waals surface area contributed by atoms with Crippen LogP contribution in [0.3, 0.4) is 0 Å². The minimum Gasteiger partial charge on any atom is -0.393 e. The van der Waals surface area contributed by atoms with E-state index in [4.69, 9.17) is 15.2 Å². The SMILES string of the molecule is CO[C@@]12C=C3[C@@H](O)[C@H](O)[C@@H](N)C[C@]34CC[C@]1(O4)[C@@H]1CC[C@H](O)[C@@]1(C)CC2. The van der Waals surface area contributed by atoms with Crippen molar-refractivity contribution >= 4 is 0 Å². The first-order chi connectivity index (χ1) is 12.2. The fraction of sp³-hybridized carbons (Fsp3) is 0.900. The Bertz CT molecular complexity index is 669. The number of nitrogens with two attached hydrogens (primary N) is 1. The molecule has 3 saturated carbocycles. The average molecular weight is 365 g/mol. The first kappa shape index (κ1) is 17.6. The third-order valence-electron chi connectivity index (χ3n) is 8.80. The number of ether oxygens (including phenoxy) is 2. The summed E-state index contributed by atoms with van der Waals surface area (Å²) in [5.41, 5.74) is 5.04. The van der Waals surface area contributed by atoms with E-state index in [2.05, 4.69) is 13.0 Å². The quantitative estimate of drug-likeness (QED) is 0.508. The number of methoxy groups -OCH3 is 1. The molecule has 3 aliphatic carbocycles. The van der Waals surface area contributed by atoms with Gasteiger partial charge < -0.3 is 30.5 Å². The Morgan fingerprint density at radius 2 is 1.92 bits per heavy atom. The van der Waals surface area contributed by atoms with Crippen LogP contribution < -0.4 is 5.73 Å². The Hall–Kier alpha value is -0.500. The normalized spacial score (nSPS) is 60.8. The topological polar surface area (TPSA) is 105 Å². The van der Waals surface area contributed by atoms with E-state index in [1.54, 1.807) is 7.11 Å². The van der Waals surface area contributed by atoms with Gasteiger partial charge in [-0.25, -0.2) is 0 Å². The largest absolute Gasteiger partial charge is 0.393 e. The van der Waals surface area contributed by atoms with Gasteiger partial charge in [-0.2, -0.15) is 0 Å². The van der Waals surface area contributed by atoms with Gasteiger partial charge in [0, 0.05) is 13.2 Å². The number of hydrogen-bond acceptors (Lipinski definition) is 6. The van der Waals surface area contributed by atoms with Crippen LogP contribution in [-0.2, 0) is 9.47 Å². The second-order valence-electron chi connectivity index (χ2n) is 9.63. The molecular formula is C20H31NO5. The molecule has 0 radical (unpaired) electrons. The predicted molar refractivity (Wildman–Crippen MR) is 94.3 cm³/mol. The highest BCUT2D eigenvalue weighted by molar-refractivity contribution is 5.42. The number of hydrogen-bond donors (Lipinski definition) is 4. The van der Waals surface area contributed by atoms with E-state index in [0.717, 1.165) is 44.1 Å². The molecule has 6 heteroatoms. The molecule has 5 N–H and O–H groups in total. The molecule has 0 aromatic carbocycles. The lowest BCUT2D eigenvalue weighted by Gasteiger charge is -2.62. The van der Waals surface area contributed by atoms with Crippen LogP contribution in [0.4, 0.5) is 0 Å². The molecule has 5 aliphatic rings. The second-order valence-corrected chi connectivity index (χ2v) is 9.63. The summed E-state index contributed by atoms with van der Waals surface area (Å²) in [6.45, 7) is 2.20. The summed E-state index contributed by atoms with van der Waals surface area (Å²) in [6.07, 6.45) is 5.28. The van der Waals surface area contributed by atoms with Crippen molar-refractivity contribution in [1.29, 1.82) is 0 Å². The van der Waals surface area contributed by atoms with Crippen molar-refractivity contribution in [3.8, 4) is 0 Å². The zero-order chi connectivity index (χ0) is 18.5. The maximum Gasteiger partial charge on any atom is 0.115 e. The Kier molecular flexibility index (Phi) is 3.45. The molecule has 9 atom stereocenters. The van der Waals surface area contributed by atoms with Crippen molar-refractivity contribution in [1.82, 2.24) is 0 Å². The van der Waals surface area contributed by atoms with E-state index in [1.165, 1.54) is 0 Å². The van der Waals surface area contributed by atoms with Crippen molar-refractivity contribution in [2.45, 2.75) is 93.0 Å². The van der Waals surface area contributed by atoms with Crippen molar-refractivity contribution in [2.24, 2.45) is 17.1 Å². The molecule has 0 amide bonds. The van der Waals surface area contributed by atoms with Gasteiger partial charge in [0.1, 0.15) is 17.3 Å². The zero-order valence-electron chi connectivity index (χ0n) is 15.6. The summed E-state index contributed by atoms with van der Waals surface area (Å²) in [5.74, 6) is 0.219. The third kappa shape index (κ3) is 1.75. The Morgan fingerprint density at radius 3 is 2.65 bits per heavy atom. The van der Waals surface area contributed by atoms with E-state index in [1.807, 2.05) is 0 Å². The minimum absolute atomic E-state index is 0.159. The molecule has 2 spiro atoms. The van der Waals surface area contributed by atoms with Gasteiger partial charge in [-0.1, -0.05) is 6.92 Å². The molecule has 0 aromatic rings. The number of fused-ring (bicyclic) bond motifs is 1. The summed E-state index contributed by atoms with van der Waals surface area (Å²) in [7, 11) is 1.72. The summed E-state index contributed by atoms with van der Waals surface area (Å²) < 4.78 is 13.1. The predicted octanol–water partition coefficient (Wildman–Crippen LogP) is 0.623. The summed E-state index contributed by atoms with van der Waals surface area (Å²) in [6, 6.07) is -0.503. The number of aliphatic hydroxyl groups excluding tert-OH is 3. The fourth-order valence-electron chi connectivity index (χ4n) is 7.32. The number of rotatable bonds is 1. The zero-order valence-corrected chi connectivity index (χ0v) is 15.6. The van der Waals surface area contributed by atoms with Gasteiger partial charge in [0.15, 0.2) is 0 Å². The van der Waals surface area contributed by atoms with Gasteiger partial charge in [0.25, 0.3) is 0 Å². The average Bonchev–Trinajstić information content (AvgIpc) is 3.10. The molecule has 6 nitrogen and oxygen atoms in total. The molecule has 0 aromatic heterocycles. The van der Waals surface area contributed by atoms with E-state index in [-0.39, 0.29) is 17.4 Å². The molecule has 4 fully saturated rings. The van der Waals surface area contributed by atoms with Crippen LogP contribution >= 0.6 is 0 Å². The Labute approximate surface area is 154 Å². The Morgan fingerprint density at radius 1 is 1.15 bits per heavy atom. The van der Waals surface area contributed by atoms with Gasteiger partial charge >= 0.3 is 0 Å².